The molecule has 2 heterocycles. The molecule has 2 N–H and O–H groups in total. The average Bonchev–Trinajstić information content (AvgIpc) is 2.76. The zero-order valence-electron chi connectivity index (χ0n) is 11.4. The molecule has 3 rings (SSSR count). The highest BCUT2D eigenvalue weighted by Crippen LogP contribution is 2.43. The smallest absolute Gasteiger partial charge is 0.180 e. The van der Waals surface area contributed by atoms with Gasteiger partial charge in [-0.15, -0.1) is 23.7 Å². The van der Waals surface area contributed by atoms with Crippen LogP contribution < -0.4 is 5.73 Å². The van der Waals surface area contributed by atoms with Crippen LogP contribution in [-0.2, 0) is 6.54 Å². The quantitative estimate of drug-likeness (QED) is 0.906. The Hall–Kier alpha value is -0.320. The van der Waals surface area contributed by atoms with E-state index in [0.29, 0.717) is 10.5 Å². The van der Waals surface area contributed by atoms with Crippen molar-refractivity contribution >= 4 is 28.9 Å². The van der Waals surface area contributed by atoms with Crippen LogP contribution in [0.4, 0.5) is 5.13 Å². The number of nitrogens with zero attached hydrogens (tertiary/aromatic N) is 2. The molecule has 1 aliphatic heterocycles. The monoisotopic (exact) mass is 301 g/mol. The maximum absolute atomic E-state index is 5.71. The molecule has 1 aromatic rings. The Balaban J connectivity index is 0.00000133. The molecular weight excluding hydrogens is 278 g/mol. The van der Waals surface area contributed by atoms with E-state index in [1.54, 1.807) is 11.3 Å². The fraction of sp³-hybridized carbons (Fsp3) is 0.786. The van der Waals surface area contributed by atoms with Crippen molar-refractivity contribution in [2.45, 2.75) is 51.5 Å². The summed E-state index contributed by atoms with van der Waals surface area (Å²) in [6.45, 7) is 3.60. The molecule has 1 aromatic heterocycles. The lowest BCUT2D eigenvalue weighted by Crippen LogP contribution is -2.43. The summed E-state index contributed by atoms with van der Waals surface area (Å²) >= 11 is 1.64. The minimum absolute atomic E-state index is 0. The number of rotatable bonds is 2. The molecule has 108 valence electrons. The SMILES string of the molecule is Cl.Nc1ncc(CN2CCCC3(CCCCC3)C2)s1. The van der Waals surface area contributed by atoms with E-state index >= 15 is 0 Å². The summed E-state index contributed by atoms with van der Waals surface area (Å²) < 4.78 is 0. The van der Waals surface area contributed by atoms with Crippen molar-refractivity contribution in [3.63, 3.8) is 0 Å². The summed E-state index contributed by atoms with van der Waals surface area (Å²) in [6, 6.07) is 0. The fourth-order valence-corrected chi connectivity index (χ4v) is 4.50. The minimum atomic E-state index is 0. The first-order chi connectivity index (χ1) is 8.76. The number of likely N-dealkylation sites (tertiary alicyclic amines) is 1. The van der Waals surface area contributed by atoms with Crippen LogP contribution in [0.25, 0.3) is 0 Å². The molecule has 2 fully saturated rings. The van der Waals surface area contributed by atoms with E-state index in [2.05, 4.69) is 9.88 Å². The van der Waals surface area contributed by atoms with Crippen LogP contribution in [0.5, 0.6) is 0 Å². The number of halogens is 1. The van der Waals surface area contributed by atoms with E-state index < -0.39 is 0 Å². The van der Waals surface area contributed by atoms with Crippen LogP contribution >= 0.6 is 23.7 Å². The van der Waals surface area contributed by atoms with Gasteiger partial charge in [-0.2, -0.15) is 0 Å². The van der Waals surface area contributed by atoms with Crippen molar-refractivity contribution in [1.82, 2.24) is 9.88 Å². The highest BCUT2D eigenvalue weighted by Gasteiger charge is 2.36. The van der Waals surface area contributed by atoms with Gasteiger partial charge >= 0.3 is 0 Å². The lowest BCUT2D eigenvalue weighted by molar-refractivity contribution is 0.0499. The second-order valence-corrected chi connectivity index (χ2v) is 7.19. The van der Waals surface area contributed by atoms with Crippen molar-refractivity contribution in [1.29, 1.82) is 0 Å². The van der Waals surface area contributed by atoms with E-state index in [4.69, 9.17) is 5.73 Å². The first-order valence-corrected chi connectivity index (χ1v) is 8.00. The summed E-state index contributed by atoms with van der Waals surface area (Å²) in [6.07, 6.45) is 12.0. The maximum atomic E-state index is 5.71. The number of aromatic nitrogens is 1. The number of nitrogen functional groups attached to an aromatic ring is 1. The Bertz CT molecular complexity index is 396. The van der Waals surface area contributed by atoms with Gasteiger partial charge in [0.15, 0.2) is 5.13 Å². The van der Waals surface area contributed by atoms with Gasteiger partial charge in [0.1, 0.15) is 0 Å². The topological polar surface area (TPSA) is 42.1 Å². The number of thiazole rings is 1. The van der Waals surface area contributed by atoms with Crippen LogP contribution in [0.15, 0.2) is 6.20 Å². The average molecular weight is 302 g/mol. The van der Waals surface area contributed by atoms with Gasteiger partial charge in [0.25, 0.3) is 0 Å². The van der Waals surface area contributed by atoms with E-state index in [1.165, 1.54) is 62.9 Å². The molecule has 0 radical (unpaired) electrons. The van der Waals surface area contributed by atoms with Crippen LogP contribution in [-0.4, -0.2) is 23.0 Å². The number of piperidine rings is 1. The van der Waals surface area contributed by atoms with Crippen molar-refractivity contribution < 1.29 is 0 Å². The van der Waals surface area contributed by atoms with Gasteiger partial charge in [0.05, 0.1) is 0 Å². The summed E-state index contributed by atoms with van der Waals surface area (Å²) in [7, 11) is 0. The van der Waals surface area contributed by atoms with Crippen LogP contribution in [0.3, 0.4) is 0 Å². The van der Waals surface area contributed by atoms with Gasteiger partial charge in [-0.05, 0) is 37.6 Å². The largest absolute Gasteiger partial charge is 0.375 e. The van der Waals surface area contributed by atoms with E-state index in [-0.39, 0.29) is 12.4 Å². The third kappa shape index (κ3) is 3.61. The van der Waals surface area contributed by atoms with Crippen molar-refractivity contribution in [3.05, 3.63) is 11.1 Å². The summed E-state index contributed by atoms with van der Waals surface area (Å²) in [5.74, 6) is 0. The molecule has 1 saturated heterocycles. The lowest BCUT2D eigenvalue weighted by Gasteiger charge is -2.45. The number of hydrogen-bond acceptors (Lipinski definition) is 4. The van der Waals surface area contributed by atoms with Gasteiger partial charge in [-0.25, -0.2) is 4.98 Å². The summed E-state index contributed by atoms with van der Waals surface area (Å²) in [5.41, 5.74) is 6.35. The zero-order valence-corrected chi connectivity index (χ0v) is 13.1. The molecule has 0 amide bonds. The number of nitrogens with two attached hydrogens (primary N) is 1. The van der Waals surface area contributed by atoms with Crippen molar-refractivity contribution in [3.8, 4) is 0 Å². The number of hydrogen-bond donors (Lipinski definition) is 1. The molecular formula is C14H24ClN3S. The Labute approximate surface area is 126 Å². The molecule has 5 heteroatoms. The predicted molar refractivity (Wildman–Crippen MR) is 83.8 cm³/mol. The van der Waals surface area contributed by atoms with Crippen molar-refractivity contribution in [2.75, 3.05) is 18.8 Å². The van der Waals surface area contributed by atoms with Gasteiger partial charge in [-0.3, -0.25) is 4.90 Å². The van der Waals surface area contributed by atoms with E-state index in [1.807, 2.05) is 6.20 Å². The third-order valence-corrected chi connectivity index (χ3v) is 5.42. The van der Waals surface area contributed by atoms with Gasteiger partial charge in [0.2, 0.25) is 0 Å². The summed E-state index contributed by atoms with van der Waals surface area (Å²) in [5, 5.41) is 0.703. The van der Waals surface area contributed by atoms with E-state index in [9.17, 15) is 0 Å². The molecule has 1 aliphatic carbocycles. The zero-order chi connectivity index (χ0) is 12.4. The minimum Gasteiger partial charge on any atom is -0.375 e. The maximum Gasteiger partial charge on any atom is 0.180 e. The highest BCUT2D eigenvalue weighted by atomic mass is 35.5. The molecule has 2 aliphatic rings. The van der Waals surface area contributed by atoms with Gasteiger partial charge in [-0.1, -0.05) is 19.3 Å². The first-order valence-electron chi connectivity index (χ1n) is 7.18. The molecule has 0 bridgehead atoms. The highest BCUT2D eigenvalue weighted by molar-refractivity contribution is 7.15. The van der Waals surface area contributed by atoms with Crippen LogP contribution in [0, 0.1) is 5.41 Å². The fourth-order valence-electron chi connectivity index (χ4n) is 3.77. The number of anilines is 1. The standard InChI is InChI=1S/C14H23N3S.ClH/c15-13-16-9-12(18-13)10-17-8-4-7-14(11-17)5-2-1-3-6-14;/h9H,1-8,10-11H2,(H2,15,16);1H. The van der Waals surface area contributed by atoms with Crippen LogP contribution in [0.2, 0.25) is 0 Å². The first kappa shape index (κ1) is 15.1. The Morgan fingerprint density at radius 3 is 2.63 bits per heavy atom. The molecule has 3 nitrogen and oxygen atoms in total. The van der Waals surface area contributed by atoms with Gasteiger partial charge < -0.3 is 5.73 Å². The van der Waals surface area contributed by atoms with Crippen molar-refractivity contribution in [2.24, 2.45) is 5.41 Å². The third-order valence-electron chi connectivity index (χ3n) is 4.61. The normalized spacial score (nSPS) is 23.2. The molecule has 0 aromatic carbocycles. The molecule has 0 atom stereocenters. The molecule has 0 unspecified atom stereocenters. The molecule has 1 spiro atoms. The second kappa shape index (κ2) is 6.42. The lowest BCUT2D eigenvalue weighted by atomic mass is 9.69. The predicted octanol–water partition coefficient (Wildman–Crippen LogP) is 3.69. The van der Waals surface area contributed by atoms with Crippen LogP contribution in [0.1, 0.15) is 49.8 Å². The molecule has 1 saturated carbocycles. The van der Waals surface area contributed by atoms with Gasteiger partial charge in [0, 0.05) is 24.2 Å². The summed E-state index contributed by atoms with van der Waals surface area (Å²) in [4.78, 5) is 8.10. The Kier molecular flexibility index (Phi) is 5.09. The Morgan fingerprint density at radius 2 is 1.95 bits per heavy atom. The second-order valence-electron chi connectivity index (χ2n) is 6.04. The molecule has 19 heavy (non-hydrogen) atoms. The Morgan fingerprint density at radius 1 is 1.21 bits per heavy atom. The van der Waals surface area contributed by atoms with E-state index in [0.717, 1.165) is 6.54 Å².